The van der Waals surface area contributed by atoms with E-state index in [1.54, 1.807) is 42.5 Å². The Hall–Kier alpha value is -3.13. The quantitative estimate of drug-likeness (QED) is 0.301. The number of hydrogen-bond donors (Lipinski definition) is 2. The monoisotopic (exact) mass is 496 g/mol. The molecule has 0 spiro atoms. The van der Waals surface area contributed by atoms with Crippen LogP contribution in [0.2, 0.25) is 5.02 Å². The highest BCUT2D eigenvalue weighted by Crippen LogP contribution is 2.44. The molecule has 0 fully saturated rings. The largest absolute Gasteiger partial charge is 0.396 e. The number of carbonyl (C=O) groups is 1. The number of rotatable bonds is 6. The molecule has 8 heteroatoms. The third kappa shape index (κ3) is 4.53. The highest BCUT2D eigenvalue weighted by Gasteiger charge is 2.31. The van der Waals surface area contributed by atoms with Gasteiger partial charge in [-0.05, 0) is 61.9 Å². The molecule has 0 bridgehead atoms. The maximum absolute atomic E-state index is 13.6. The number of nitrogen functional groups attached to an aromatic ring is 1. The van der Waals surface area contributed by atoms with Crippen molar-refractivity contribution < 1.29 is 13.2 Å². The van der Waals surface area contributed by atoms with E-state index in [0.29, 0.717) is 15.6 Å². The molecule has 3 N–H and O–H groups in total. The van der Waals surface area contributed by atoms with E-state index in [0.717, 1.165) is 28.2 Å². The van der Waals surface area contributed by atoms with Crippen LogP contribution in [0.3, 0.4) is 0 Å². The third-order valence-electron chi connectivity index (χ3n) is 5.16. The van der Waals surface area contributed by atoms with Crippen molar-refractivity contribution in [2.24, 2.45) is 0 Å². The van der Waals surface area contributed by atoms with Crippen molar-refractivity contribution in [3.05, 3.63) is 99.4 Å². The van der Waals surface area contributed by atoms with Crippen LogP contribution in [0.4, 0.5) is 16.4 Å². The molecule has 33 heavy (non-hydrogen) atoms. The van der Waals surface area contributed by atoms with Crippen LogP contribution in [0.5, 0.6) is 0 Å². The number of hydrogen-bond acceptors (Lipinski definition) is 6. The van der Waals surface area contributed by atoms with Gasteiger partial charge in [-0.1, -0.05) is 47.5 Å². The molecule has 4 aromatic rings. The number of nitrogens with one attached hydrogen (secondary N) is 1. The molecule has 0 aliphatic rings. The van der Waals surface area contributed by atoms with Crippen LogP contribution in [0, 0.1) is 13.8 Å². The van der Waals surface area contributed by atoms with Crippen molar-refractivity contribution in [1.29, 1.82) is 0 Å². The molecule has 168 valence electrons. The highest BCUT2D eigenvalue weighted by molar-refractivity contribution is 7.92. The molecule has 0 saturated heterocycles. The van der Waals surface area contributed by atoms with Gasteiger partial charge in [-0.25, -0.2) is 8.42 Å². The number of halogens is 1. The number of nitrogens with two attached hydrogens (primary N) is 1. The first-order valence-electron chi connectivity index (χ1n) is 10.1. The third-order valence-corrected chi connectivity index (χ3v) is 8.52. The topological polar surface area (TPSA) is 89.3 Å². The minimum Gasteiger partial charge on any atom is -0.396 e. The van der Waals surface area contributed by atoms with Crippen LogP contribution >= 0.6 is 22.9 Å². The Balaban J connectivity index is 1.89. The van der Waals surface area contributed by atoms with E-state index in [4.69, 9.17) is 17.3 Å². The number of carbonyl (C=O) groups excluding carboxylic acids is 1. The van der Waals surface area contributed by atoms with Crippen LogP contribution in [-0.2, 0) is 9.84 Å². The summed E-state index contributed by atoms with van der Waals surface area (Å²) in [6, 6.07) is 20.2. The van der Waals surface area contributed by atoms with Gasteiger partial charge in [0.05, 0.1) is 10.6 Å². The lowest BCUT2D eigenvalue weighted by atomic mass is 10.1. The fraction of sp³-hybridized carbons (Fsp3) is 0.0800. The lowest BCUT2D eigenvalue weighted by Gasteiger charge is -2.12. The lowest BCUT2D eigenvalue weighted by molar-refractivity contribution is 0.104. The molecule has 4 rings (SSSR count). The summed E-state index contributed by atoms with van der Waals surface area (Å²) in [6.45, 7) is 3.91. The van der Waals surface area contributed by atoms with Crippen LogP contribution in [0.15, 0.2) is 82.6 Å². The van der Waals surface area contributed by atoms with Crippen molar-refractivity contribution in [3.8, 4) is 0 Å². The van der Waals surface area contributed by atoms with E-state index >= 15 is 0 Å². The minimum absolute atomic E-state index is 0.0731. The Bertz CT molecular complexity index is 1450. The second kappa shape index (κ2) is 9.02. The first-order chi connectivity index (χ1) is 15.7. The second-order valence-corrected chi connectivity index (χ2v) is 10.9. The summed E-state index contributed by atoms with van der Waals surface area (Å²) >= 11 is 6.97. The van der Waals surface area contributed by atoms with E-state index in [9.17, 15) is 13.2 Å². The van der Waals surface area contributed by atoms with Gasteiger partial charge in [0.15, 0.2) is 0 Å². The van der Waals surface area contributed by atoms with Crippen molar-refractivity contribution in [1.82, 2.24) is 0 Å². The Labute approximate surface area is 201 Å². The maximum Gasteiger partial charge on any atom is 0.211 e. The van der Waals surface area contributed by atoms with E-state index < -0.39 is 9.84 Å². The minimum atomic E-state index is -3.99. The number of sulfone groups is 1. The molecular weight excluding hydrogens is 476 g/mol. The lowest BCUT2D eigenvalue weighted by Crippen LogP contribution is -2.08. The number of aryl methyl sites for hydroxylation is 2. The average Bonchev–Trinajstić information content (AvgIpc) is 3.12. The van der Waals surface area contributed by atoms with Gasteiger partial charge in [0.1, 0.15) is 14.8 Å². The molecule has 1 aromatic heterocycles. The van der Waals surface area contributed by atoms with Crippen molar-refractivity contribution >= 4 is 54.9 Å². The molecule has 0 aliphatic heterocycles. The van der Waals surface area contributed by atoms with Crippen molar-refractivity contribution in [3.63, 3.8) is 0 Å². The smallest absolute Gasteiger partial charge is 0.211 e. The standard InChI is InChI=1S/C25H21ClN2O3S2/c1-15-8-13-20(16(2)14-15)28-25-24(33(30,31)19-6-4-3-5-7-19)21(27)23(32-25)22(29)17-9-11-18(26)12-10-17/h3-14,28H,27H2,1-2H3. The second-order valence-electron chi connectivity index (χ2n) is 7.60. The van der Waals surface area contributed by atoms with Crippen molar-refractivity contribution in [2.75, 3.05) is 11.1 Å². The van der Waals surface area contributed by atoms with Gasteiger partial charge in [-0.3, -0.25) is 4.79 Å². The molecule has 0 atom stereocenters. The fourth-order valence-corrected chi connectivity index (χ4v) is 6.55. The molecule has 5 nitrogen and oxygen atoms in total. The molecule has 0 aliphatic carbocycles. The van der Waals surface area contributed by atoms with Crippen LogP contribution in [0.25, 0.3) is 0 Å². The summed E-state index contributed by atoms with van der Waals surface area (Å²) in [4.78, 5) is 13.4. The Kier molecular flexibility index (Phi) is 6.30. The van der Waals surface area contributed by atoms with Crippen LogP contribution in [-0.4, -0.2) is 14.2 Å². The normalized spacial score (nSPS) is 11.4. The van der Waals surface area contributed by atoms with Crippen LogP contribution < -0.4 is 11.1 Å². The van der Waals surface area contributed by atoms with Gasteiger partial charge in [0, 0.05) is 16.3 Å². The van der Waals surface area contributed by atoms with Gasteiger partial charge >= 0.3 is 0 Å². The zero-order valence-corrected chi connectivity index (χ0v) is 20.3. The van der Waals surface area contributed by atoms with Gasteiger partial charge in [0.25, 0.3) is 0 Å². The molecule has 0 amide bonds. The molecule has 0 unspecified atom stereocenters. The molecular formula is C25H21ClN2O3S2. The SMILES string of the molecule is Cc1ccc(Nc2sc(C(=O)c3ccc(Cl)cc3)c(N)c2S(=O)(=O)c2ccccc2)c(C)c1. The number of ketones is 1. The van der Waals surface area contributed by atoms with E-state index in [1.807, 2.05) is 32.0 Å². The predicted octanol–water partition coefficient (Wildman–Crippen LogP) is 6.41. The zero-order chi connectivity index (χ0) is 23.8. The van der Waals surface area contributed by atoms with Gasteiger partial charge in [-0.15, -0.1) is 11.3 Å². The molecule has 1 heterocycles. The zero-order valence-electron chi connectivity index (χ0n) is 17.9. The van der Waals surface area contributed by atoms with Gasteiger partial charge < -0.3 is 11.1 Å². The predicted molar refractivity (Wildman–Crippen MR) is 135 cm³/mol. The maximum atomic E-state index is 13.6. The number of thiophene rings is 1. The van der Waals surface area contributed by atoms with E-state index in [2.05, 4.69) is 5.32 Å². The van der Waals surface area contributed by atoms with Crippen LogP contribution in [0.1, 0.15) is 26.4 Å². The fourth-order valence-electron chi connectivity index (χ4n) is 3.47. The highest BCUT2D eigenvalue weighted by atomic mass is 35.5. The summed E-state index contributed by atoms with van der Waals surface area (Å²) in [7, 11) is -3.99. The number of anilines is 3. The summed E-state index contributed by atoms with van der Waals surface area (Å²) < 4.78 is 27.2. The Morgan fingerprint density at radius 1 is 0.970 bits per heavy atom. The van der Waals surface area contributed by atoms with Gasteiger partial charge in [-0.2, -0.15) is 0 Å². The van der Waals surface area contributed by atoms with Gasteiger partial charge in [0.2, 0.25) is 15.6 Å². The van der Waals surface area contributed by atoms with Crippen molar-refractivity contribution in [2.45, 2.75) is 23.6 Å². The molecule has 0 radical (unpaired) electrons. The molecule has 3 aromatic carbocycles. The Morgan fingerprint density at radius 3 is 2.27 bits per heavy atom. The summed E-state index contributed by atoms with van der Waals surface area (Å²) in [5, 5.41) is 3.99. The summed E-state index contributed by atoms with van der Waals surface area (Å²) in [5.74, 6) is -0.368. The summed E-state index contributed by atoms with van der Waals surface area (Å²) in [6.07, 6.45) is 0. The number of benzene rings is 3. The van der Waals surface area contributed by atoms with E-state index in [-0.39, 0.29) is 26.1 Å². The summed E-state index contributed by atoms with van der Waals surface area (Å²) in [5.41, 5.74) is 9.41. The molecule has 0 saturated carbocycles. The first kappa shape index (κ1) is 23.0. The average molecular weight is 497 g/mol. The first-order valence-corrected chi connectivity index (χ1v) is 12.7. The van der Waals surface area contributed by atoms with E-state index in [1.165, 1.54) is 12.1 Å². The Morgan fingerprint density at radius 2 is 1.64 bits per heavy atom.